The molecular weight excluding hydrogens is 792 g/mol. The van der Waals surface area contributed by atoms with Crippen LogP contribution in [0.15, 0.2) is 48.6 Å². The molecule has 0 aliphatic heterocycles. The predicted octanol–water partition coefficient (Wildman–Crippen LogP) is 14.6. The Morgan fingerprint density at radius 1 is 0.565 bits per heavy atom. The predicted molar refractivity (Wildman–Crippen MR) is 265 cm³/mol. The van der Waals surface area contributed by atoms with Gasteiger partial charge < -0.3 is 28.8 Å². The van der Waals surface area contributed by atoms with Crippen molar-refractivity contribution in [3.63, 3.8) is 0 Å². The van der Waals surface area contributed by atoms with Crippen molar-refractivity contribution in [1.82, 2.24) is 5.32 Å². The molecular formula is C53H101N2O6P. The molecule has 0 aliphatic rings. The Balaban J connectivity index is 4.00. The monoisotopic (exact) mass is 893 g/mol. The number of aliphatic hydroxyl groups is 1. The van der Waals surface area contributed by atoms with E-state index in [1.807, 2.05) is 27.2 Å². The summed E-state index contributed by atoms with van der Waals surface area (Å²) < 4.78 is 23.2. The number of carbonyl (C=O) groups excluding carboxylic acids is 1. The molecule has 3 unspecified atom stereocenters. The Hall–Kier alpha value is -1.54. The molecule has 364 valence electrons. The van der Waals surface area contributed by atoms with Crippen LogP contribution in [0, 0.1) is 0 Å². The zero-order chi connectivity index (χ0) is 45.7. The number of rotatable bonds is 47. The van der Waals surface area contributed by atoms with E-state index in [-0.39, 0.29) is 19.1 Å². The summed E-state index contributed by atoms with van der Waals surface area (Å²) in [6.07, 6.45) is 57.6. The fourth-order valence-corrected chi connectivity index (χ4v) is 8.12. The Bertz CT molecular complexity index is 1150. The fourth-order valence-electron chi connectivity index (χ4n) is 7.40. The number of unbranched alkanes of at least 4 members (excludes halogenated alkanes) is 28. The number of quaternary nitrogens is 1. The van der Waals surface area contributed by atoms with Gasteiger partial charge in [-0.3, -0.25) is 9.36 Å². The number of phosphoric acid groups is 1. The summed E-state index contributed by atoms with van der Waals surface area (Å²) in [4.78, 5) is 25.3. The van der Waals surface area contributed by atoms with E-state index in [1.165, 1.54) is 161 Å². The summed E-state index contributed by atoms with van der Waals surface area (Å²) in [6.45, 7) is 4.60. The van der Waals surface area contributed by atoms with Crippen LogP contribution in [0.5, 0.6) is 0 Å². The maximum Gasteiger partial charge on any atom is 0.268 e. The molecule has 3 atom stereocenters. The highest BCUT2D eigenvalue weighted by Crippen LogP contribution is 2.38. The van der Waals surface area contributed by atoms with Gasteiger partial charge in [-0.25, -0.2) is 0 Å². The van der Waals surface area contributed by atoms with Crippen LogP contribution in [0.3, 0.4) is 0 Å². The van der Waals surface area contributed by atoms with Crippen molar-refractivity contribution >= 4 is 13.7 Å². The zero-order valence-corrected chi connectivity index (χ0v) is 42.2. The number of aliphatic hydroxyl groups excluding tert-OH is 1. The number of likely N-dealkylation sites (N-methyl/N-ethyl adjacent to an activating group) is 1. The highest BCUT2D eigenvalue weighted by molar-refractivity contribution is 7.45. The third-order valence-electron chi connectivity index (χ3n) is 11.5. The first-order chi connectivity index (χ1) is 30.0. The van der Waals surface area contributed by atoms with Gasteiger partial charge >= 0.3 is 0 Å². The lowest BCUT2D eigenvalue weighted by molar-refractivity contribution is -0.870. The van der Waals surface area contributed by atoms with Gasteiger partial charge in [0.05, 0.1) is 39.9 Å². The average molecular weight is 893 g/mol. The van der Waals surface area contributed by atoms with Crippen molar-refractivity contribution in [1.29, 1.82) is 0 Å². The normalized spacial score (nSPS) is 14.5. The molecule has 0 radical (unpaired) electrons. The molecule has 62 heavy (non-hydrogen) atoms. The molecule has 0 spiro atoms. The molecule has 0 rings (SSSR count). The van der Waals surface area contributed by atoms with E-state index in [4.69, 9.17) is 9.05 Å². The first-order valence-corrected chi connectivity index (χ1v) is 27.5. The van der Waals surface area contributed by atoms with Gasteiger partial charge in [0.2, 0.25) is 5.91 Å². The molecule has 0 saturated carbocycles. The maximum absolute atomic E-state index is 12.9. The van der Waals surface area contributed by atoms with E-state index in [9.17, 15) is 19.4 Å². The first kappa shape index (κ1) is 60.5. The van der Waals surface area contributed by atoms with Crippen molar-refractivity contribution in [3.05, 3.63) is 48.6 Å². The fraction of sp³-hybridized carbons (Fsp3) is 0.830. The largest absolute Gasteiger partial charge is 0.756 e. The summed E-state index contributed by atoms with van der Waals surface area (Å²) in [6, 6.07) is -0.884. The van der Waals surface area contributed by atoms with E-state index < -0.39 is 20.0 Å². The van der Waals surface area contributed by atoms with Crippen LogP contribution in [0.1, 0.15) is 232 Å². The van der Waals surface area contributed by atoms with Crippen molar-refractivity contribution < 1.29 is 32.9 Å². The number of allylic oxidation sites excluding steroid dienone is 7. The Kier molecular flexibility index (Phi) is 43.5. The van der Waals surface area contributed by atoms with Crippen molar-refractivity contribution in [2.45, 2.75) is 244 Å². The van der Waals surface area contributed by atoms with E-state index in [1.54, 1.807) is 6.08 Å². The third-order valence-corrected chi connectivity index (χ3v) is 12.5. The van der Waals surface area contributed by atoms with Crippen LogP contribution in [0.4, 0.5) is 0 Å². The lowest BCUT2D eigenvalue weighted by Crippen LogP contribution is -2.45. The highest BCUT2D eigenvalue weighted by Gasteiger charge is 2.23. The second kappa shape index (κ2) is 44.7. The van der Waals surface area contributed by atoms with Gasteiger partial charge in [0, 0.05) is 6.42 Å². The minimum absolute atomic E-state index is 0.00140. The molecule has 0 aromatic carbocycles. The van der Waals surface area contributed by atoms with Crippen LogP contribution < -0.4 is 10.2 Å². The van der Waals surface area contributed by atoms with Gasteiger partial charge in [-0.15, -0.1) is 0 Å². The number of amides is 1. The molecule has 0 saturated heterocycles. The lowest BCUT2D eigenvalue weighted by Gasteiger charge is -2.29. The molecule has 0 bridgehead atoms. The number of hydrogen-bond donors (Lipinski definition) is 2. The van der Waals surface area contributed by atoms with Gasteiger partial charge in [-0.1, -0.05) is 217 Å². The topological polar surface area (TPSA) is 108 Å². The number of hydrogen-bond acceptors (Lipinski definition) is 6. The molecule has 1 amide bonds. The van der Waals surface area contributed by atoms with Crippen LogP contribution in [-0.2, 0) is 18.4 Å². The van der Waals surface area contributed by atoms with E-state index in [2.05, 4.69) is 55.6 Å². The molecule has 0 aromatic rings. The summed E-state index contributed by atoms with van der Waals surface area (Å²) in [5.41, 5.74) is 0. The maximum atomic E-state index is 12.9. The molecule has 9 heteroatoms. The van der Waals surface area contributed by atoms with Crippen LogP contribution in [0.2, 0.25) is 0 Å². The van der Waals surface area contributed by atoms with Gasteiger partial charge in [-0.2, -0.15) is 0 Å². The molecule has 0 aliphatic carbocycles. The average Bonchev–Trinajstić information content (AvgIpc) is 3.23. The van der Waals surface area contributed by atoms with Crippen molar-refractivity contribution in [3.8, 4) is 0 Å². The smallest absolute Gasteiger partial charge is 0.268 e. The van der Waals surface area contributed by atoms with Crippen LogP contribution in [0.25, 0.3) is 0 Å². The Morgan fingerprint density at radius 3 is 1.35 bits per heavy atom. The molecule has 8 nitrogen and oxygen atoms in total. The van der Waals surface area contributed by atoms with Gasteiger partial charge in [0.25, 0.3) is 7.82 Å². The summed E-state index contributed by atoms with van der Waals surface area (Å²) in [7, 11) is 1.26. The van der Waals surface area contributed by atoms with Gasteiger partial charge in [-0.05, 0) is 57.8 Å². The molecule has 0 heterocycles. The second-order valence-corrected chi connectivity index (χ2v) is 20.3. The number of nitrogens with one attached hydrogen (secondary N) is 1. The SMILES string of the molecule is CCCCCCC/C=C\C/C=C\C/C=C\CCCCCCCCCCCCCCCCCCC(=O)NC(COP(=O)([O-])OCC[N+](C)(C)C)C(O)/C=C/CCCCCCCCC. The van der Waals surface area contributed by atoms with Gasteiger partial charge in [0.1, 0.15) is 13.2 Å². The first-order valence-electron chi connectivity index (χ1n) is 26.0. The van der Waals surface area contributed by atoms with Crippen molar-refractivity contribution in [2.75, 3.05) is 40.9 Å². The van der Waals surface area contributed by atoms with E-state index in [0.29, 0.717) is 17.4 Å². The number of carbonyl (C=O) groups is 1. The van der Waals surface area contributed by atoms with Crippen LogP contribution >= 0.6 is 7.82 Å². The van der Waals surface area contributed by atoms with Crippen molar-refractivity contribution in [2.24, 2.45) is 0 Å². The summed E-state index contributed by atoms with van der Waals surface area (Å²) in [5.74, 6) is -0.200. The summed E-state index contributed by atoms with van der Waals surface area (Å²) in [5, 5.41) is 13.7. The van der Waals surface area contributed by atoms with E-state index >= 15 is 0 Å². The molecule has 0 aromatic heterocycles. The van der Waals surface area contributed by atoms with E-state index in [0.717, 1.165) is 51.4 Å². The zero-order valence-electron chi connectivity index (χ0n) is 41.3. The standard InChI is InChI=1S/C53H101N2O6P/c1-6-8-10-12-14-16-17-18-19-20-21-22-23-24-25-26-27-28-29-30-31-32-33-34-35-36-37-39-41-43-45-47-53(57)54-51(50-61-62(58,59)60-49-48-55(3,4)5)52(56)46-44-42-40-38-15-13-11-9-7-2/h17-18,20-21,23-24,44,46,51-52,56H,6-16,19,22,25-43,45,47-50H2,1-5H3,(H-,54,57,58,59)/b18-17-,21-20-,24-23-,46-44+. The lowest BCUT2D eigenvalue weighted by atomic mass is 10.0. The highest BCUT2D eigenvalue weighted by atomic mass is 31.2. The third kappa shape index (κ3) is 46.5. The number of phosphoric ester groups is 1. The minimum Gasteiger partial charge on any atom is -0.756 e. The summed E-state index contributed by atoms with van der Waals surface area (Å²) >= 11 is 0. The Morgan fingerprint density at radius 2 is 0.935 bits per heavy atom. The quantitative estimate of drug-likeness (QED) is 0.0273. The van der Waals surface area contributed by atoms with Crippen LogP contribution in [-0.4, -0.2) is 68.5 Å². The molecule has 2 N–H and O–H groups in total. The van der Waals surface area contributed by atoms with Gasteiger partial charge in [0.15, 0.2) is 0 Å². The minimum atomic E-state index is -4.58. The number of nitrogens with zero attached hydrogens (tertiary/aromatic N) is 1. The Labute approximate surface area is 384 Å². The molecule has 0 fully saturated rings. The second-order valence-electron chi connectivity index (χ2n) is 18.9.